The van der Waals surface area contributed by atoms with Gasteiger partial charge < -0.3 is 34.1 Å². The van der Waals surface area contributed by atoms with Gasteiger partial charge in [-0.15, -0.1) is 0 Å². The molecular formula is C30H43NO8. The minimum Gasteiger partial charge on any atom is -0.457 e. The van der Waals surface area contributed by atoms with Crippen molar-refractivity contribution in [1.82, 2.24) is 4.98 Å². The van der Waals surface area contributed by atoms with Crippen LogP contribution in [0.15, 0.2) is 42.1 Å². The van der Waals surface area contributed by atoms with Crippen molar-refractivity contribution in [2.75, 3.05) is 7.11 Å². The Morgan fingerprint density at radius 2 is 1.97 bits per heavy atom. The van der Waals surface area contributed by atoms with Crippen LogP contribution in [0.5, 0.6) is 0 Å². The lowest BCUT2D eigenvalue weighted by Crippen LogP contribution is -2.48. The number of carbonyl (C=O) groups is 2. The molecule has 0 radical (unpaired) electrons. The van der Waals surface area contributed by atoms with Crippen LogP contribution in [0.1, 0.15) is 64.4 Å². The summed E-state index contributed by atoms with van der Waals surface area (Å²) in [5.41, 5.74) is 1.40. The number of esters is 2. The van der Waals surface area contributed by atoms with Gasteiger partial charge in [0.15, 0.2) is 6.10 Å². The van der Waals surface area contributed by atoms with Gasteiger partial charge in [0.25, 0.3) is 0 Å². The standard InChI is InChI=1S/C30H43NO8/c1-15-12-21-14-30(39-27(21)26(18(4)19(5)32)38-28(34)23-9-8-10-31-23)17(3)11-16(2)25(20(6)33)37-29(35)24(36-7)13-22(15)30/h8-11,16,18-22,24-27,31-33H,1,12-14H2,2-7H3/b17-11+/t16-,18-,19+,20-,21-,22+,24+,25+,26-,27-,30+/m1/s1. The first-order valence-corrected chi connectivity index (χ1v) is 13.9. The van der Waals surface area contributed by atoms with Crippen LogP contribution < -0.4 is 0 Å². The van der Waals surface area contributed by atoms with Gasteiger partial charge in [-0.3, -0.25) is 0 Å². The molecule has 2 fully saturated rings. The molecule has 4 rings (SSSR count). The third-order valence-corrected chi connectivity index (χ3v) is 9.04. The Hall–Kier alpha value is -2.46. The van der Waals surface area contributed by atoms with Gasteiger partial charge in [0, 0.05) is 31.1 Å². The number of nitrogens with one attached hydrogen (secondary N) is 1. The van der Waals surface area contributed by atoms with Crippen molar-refractivity contribution >= 4 is 11.9 Å². The molecule has 1 saturated carbocycles. The molecule has 1 spiro atoms. The highest BCUT2D eigenvalue weighted by Gasteiger charge is 2.60. The van der Waals surface area contributed by atoms with E-state index in [0.29, 0.717) is 25.0 Å². The van der Waals surface area contributed by atoms with Crippen molar-refractivity contribution in [2.45, 2.75) is 96.1 Å². The molecule has 3 heterocycles. The van der Waals surface area contributed by atoms with Gasteiger partial charge >= 0.3 is 11.9 Å². The largest absolute Gasteiger partial charge is 0.457 e. The first-order chi connectivity index (χ1) is 18.4. The van der Waals surface area contributed by atoms with E-state index in [-0.39, 0.29) is 17.8 Å². The number of hydrogen-bond donors (Lipinski definition) is 3. The van der Waals surface area contributed by atoms with Crippen LogP contribution in [-0.4, -0.2) is 76.5 Å². The van der Waals surface area contributed by atoms with E-state index >= 15 is 0 Å². The number of carbonyl (C=O) groups excluding carboxylic acids is 2. The first-order valence-electron chi connectivity index (χ1n) is 13.9. The summed E-state index contributed by atoms with van der Waals surface area (Å²) in [4.78, 5) is 29.0. The van der Waals surface area contributed by atoms with Gasteiger partial charge in [-0.2, -0.15) is 0 Å². The van der Waals surface area contributed by atoms with E-state index in [2.05, 4.69) is 11.6 Å². The fourth-order valence-corrected chi connectivity index (χ4v) is 6.72. The van der Waals surface area contributed by atoms with Crippen molar-refractivity contribution < 1.29 is 38.7 Å². The zero-order valence-electron chi connectivity index (χ0n) is 23.8. The molecule has 216 valence electrons. The Balaban J connectivity index is 1.76. The summed E-state index contributed by atoms with van der Waals surface area (Å²) in [6.45, 7) is 13.5. The smallest absolute Gasteiger partial charge is 0.355 e. The van der Waals surface area contributed by atoms with E-state index in [1.54, 1.807) is 32.2 Å². The molecule has 1 aromatic heterocycles. The highest BCUT2D eigenvalue weighted by atomic mass is 16.6. The fourth-order valence-electron chi connectivity index (χ4n) is 6.72. The second-order valence-corrected chi connectivity index (χ2v) is 11.7. The first kappa shape index (κ1) is 29.5. The summed E-state index contributed by atoms with van der Waals surface area (Å²) in [5, 5.41) is 21.0. The van der Waals surface area contributed by atoms with Gasteiger partial charge in [0.05, 0.1) is 23.9 Å². The van der Waals surface area contributed by atoms with Gasteiger partial charge in [0.1, 0.15) is 17.9 Å². The van der Waals surface area contributed by atoms with Crippen LogP contribution in [-0.2, 0) is 23.7 Å². The third-order valence-electron chi connectivity index (χ3n) is 9.04. The monoisotopic (exact) mass is 545 g/mol. The Kier molecular flexibility index (Phi) is 8.76. The van der Waals surface area contributed by atoms with Crippen molar-refractivity contribution in [2.24, 2.45) is 23.7 Å². The van der Waals surface area contributed by atoms with E-state index in [1.807, 2.05) is 26.8 Å². The van der Waals surface area contributed by atoms with Crippen LogP contribution in [0.3, 0.4) is 0 Å². The van der Waals surface area contributed by atoms with Gasteiger partial charge in [-0.1, -0.05) is 32.1 Å². The van der Waals surface area contributed by atoms with Crippen LogP contribution >= 0.6 is 0 Å². The maximum atomic E-state index is 13.1. The molecule has 1 aromatic rings. The number of methoxy groups -OCH3 is 1. The molecule has 0 amide bonds. The van der Waals surface area contributed by atoms with Crippen molar-refractivity contribution in [1.29, 1.82) is 0 Å². The quantitative estimate of drug-likeness (QED) is 0.351. The number of rotatable bonds is 7. The Morgan fingerprint density at radius 3 is 2.56 bits per heavy atom. The molecular weight excluding hydrogens is 502 g/mol. The Labute approximate surface area is 230 Å². The molecule has 3 N–H and O–H groups in total. The molecule has 1 aliphatic carbocycles. The number of aromatic nitrogens is 1. The Bertz CT molecular complexity index is 1080. The zero-order chi connectivity index (χ0) is 28.6. The van der Waals surface area contributed by atoms with Gasteiger partial charge in [-0.25, -0.2) is 9.59 Å². The number of aliphatic hydroxyl groups is 2. The highest BCUT2D eigenvalue weighted by Crippen LogP contribution is 2.57. The van der Waals surface area contributed by atoms with Crippen LogP contribution in [0, 0.1) is 23.7 Å². The molecule has 1 saturated heterocycles. The van der Waals surface area contributed by atoms with E-state index in [9.17, 15) is 19.8 Å². The number of hydrogen-bond acceptors (Lipinski definition) is 8. The lowest BCUT2D eigenvalue weighted by molar-refractivity contribution is -0.172. The second-order valence-electron chi connectivity index (χ2n) is 11.7. The summed E-state index contributed by atoms with van der Waals surface area (Å²) < 4.78 is 24.4. The maximum Gasteiger partial charge on any atom is 0.355 e. The molecule has 0 aromatic carbocycles. The number of H-pyrrole nitrogens is 1. The van der Waals surface area contributed by atoms with Gasteiger partial charge in [-0.05, 0) is 63.7 Å². The number of aliphatic hydroxyl groups excluding tert-OH is 2. The number of aromatic amines is 1. The topological polar surface area (TPSA) is 127 Å². The summed E-state index contributed by atoms with van der Waals surface area (Å²) in [5.74, 6) is -2.00. The Morgan fingerprint density at radius 1 is 1.26 bits per heavy atom. The molecule has 39 heavy (non-hydrogen) atoms. The van der Waals surface area contributed by atoms with E-state index in [0.717, 1.165) is 11.1 Å². The van der Waals surface area contributed by atoms with E-state index in [4.69, 9.17) is 18.9 Å². The minimum absolute atomic E-state index is 0.0153. The SMILES string of the molecule is C=C1C[C@@H]2C[C@]3(O[C@H]2[C@H](OC(=O)c2ccc[nH]2)[C@H](C)[C@H](C)O)/C(C)=C/[C@@H](C)[C@@H]([C@@H](C)O)OC(=O)[C@@H](OC)C[C@@H]13. The van der Waals surface area contributed by atoms with Crippen molar-refractivity contribution in [3.05, 3.63) is 47.8 Å². The normalized spacial score (nSPS) is 37.5. The zero-order valence-corrected chi connectivity index (χ0v) is 23.8. The predicted octanol–water partition coefficient (Wildman–Crippen LogP) is 3.57. The molecule has 11 atom stereocenters. The minimum atomic E-state index is -0.881. The third kappa shape index (κ3) is 5.59. The molecule has 9 nitrogen and oxygen atoms in total. The fraction of sp³-hybridized carbons (Fsp3) is 0.667. The summed E-state index contributed by atoms with van der Waals surface area (Å²) in [6.07, 6.45) is 0.795. The van der Waals surface area contributed by atoms with Crippen LogP contribution in [0.4, 0.5) is 0 Å². The van der Waals surface area contributed by atoms with E-state index < -0.39 is 60.1 Å². The average molecular weight is 546 g/mol. The summed E-state index contributed by atoms with van der Waals surface area (Å²) >= 11 is 0. The number of cyclic esters (lactones) is 1. The van der Waals surface area contributed by atoms with Gasteiger partial charge in [0.2, 0.25) is 0 Å². The number of fused-ring (bicyclic) bond motifs is 1. The summed E-state index contributed by atoms with van der Waals surface area (Å²) in [6, 6.07) is 3.37. The number of ether oxygens (including phenoxy) is 4. The maximum absolute atomic E-state index is 13.1. The molecule has 0 unspecified atom stereocenters. The lowest BCUT2D eigenvalue weighted by atomic mass is 9.64. The lowest BCUT2D eigenvalue weighted by Gasteiger charge is -2.44. The average Bonchev–Trinajstić information content (AvgIpc) is 3.52. The van der Waals surface area contributed by atoms with Crippen molar-refractivity contribution in [3.63, 3.8) is 0 Å². The molecule has 3 aliphatic rings. The van der Waals surface area contributed by atoms with Crippen LogP contribution in [0.2, 0.25) is 0 Å². The highest BCUT2D eigenvalue weighted by molar-refractivity contribution is 5.87. The molecule has 9 heteroatoms. The second kappa shape index (κ2) is 11.6. The predicted molar refractivity (Wildman–Crippen MR) is 144 cm³/mol. The van der Waals surface area contributed by atoms with Crippen LogP contribution in [0.25, 0.3) is 0 Å². The molecule has 2 bridgehead atoms. The molecule has 2 aliphatic heterocycles. The van der Waals surface area contributed by atoms with Crippen molar-refractivity contribution in [3.8, 4) is 0 Å². The van der Waals surface area contributed by atoms with E-state index in [1.165, 1.54) is 7.11 Å². The summed E-state index contributed by atoms with van der Waals surface area (Å²) in [7, 11) is 1.47.